The summed E-state index contributed by atoms with van der Waals surface area (Å²) in [6, 6.07) is 2.15. The lowest BCUT2D eigenvalue weighted by atomic mass is 9.81. The second-order valence-electron chi connectivity index (χ2n) is 9.26. The van der Waals surface area contributed by atoms with Gasteiger partial charge in [-0.15, -0.1) is 0 Å². The molecular weight excluding hydrogens is 366 g/mol. The van der Waals surface area contributed by atoms with Crippen molar-refractivity contribution >= 4 is 12.0 Å². The van der Waals surface area contributed by atoms with Crippen molar-refractivity contribution in [1.29, 1.82) is 0 Å². The Morgan fingerprint density at radius 3 is 2.50 bits per heavy atom. The third-order valence-corrected chi connectivity index (χ3v) is 6.24. The molecule has 152 valence electrons. The maximum atomic E-state index is 14.3. The molecule has 1 N–H and O–H groups in total. The number of carbonyl (C=O) groups excluding carboxylic acids is 2. The first-order valence-corrected chi connectivity index (χ1v) is 9.88. The minimum absolute atomic E-state index is 0.156. The summed E-state index contributed by atoms with van der Waals surface area (Å²) in [5.74, 6) is -1.54. The number of ether oxygens (including phenoxy) is 1. The molecule has 3 aliphatic rings. The molecule has 2 amide bonds. The van der Waals surface area contributed by atoms with E-state index in [4.69, 9.17) is 4.74 Å². The highest BCUT2D eigenvalue weighted by Crippen LogP contribution is 2.47. The van der Waals surface area contributed by atoms with Gasteiger partial charge in [-0.1, -0.05) is 12.8 Å². The standard InChI is InChI=1S/C21H26F2N2O3/c1-19(2,3)28-18(27)25-12-20(24-17(26)21(25)7-4-5-8-21)9-6-14-15(20)10-13(22)11-16(14)23/h10-11H,4-9,12H2,1-3H3,(H,24,26). The molecule has 2 fully saturated rings. The van der Waals surface area contributed by atoms with Gasteiger partial charge in [-0.05, 0) is 63.6 Å². The predicted octanol–water partition coefficient (Wildman–Crippen LogP) is 3.79. The maximum Gasteiger partial charge on any atom is 0.411 e. The van der Waals surface area contributed by atoms with Crippen LogP contribution in [0.15, 0.2) is 12.1 Å². The van der Waals surface area contributed by atoms with Crippen LogP contribution in [0.2, 0.25) is 0 Å². The Balaban J connectivity index is 1.77. The SMILES string of the molecule is CC(C)(C)OC(=O)N1CC2(CCc3c(F)cc(F)cc32)NC(=O)C12CCCC2. The monoisotopic (exact) mass is 392 g/mol. The first-order chi connectivity index (χ1) is 13.1. The number of hydrogen-bond acceptors (Lipinski definition) is 3. The number of fused-ring (bicyclic) bond motifs is 2. The molecule has 28 heavy (non-hydrogen) atoms. The Hall–Kier alpha value is -2.18. The number of nitrogens with one attached hydrogen (secondary N) is 1. The minimum Gasteiger partial charge on any atom is -0.444 e. The van der Waals surface area contributed by atoms with Crippen LogP contribution in [0, 0.1) is 11.6 Å². The summed E-state index contributed by atoms with van der Waals surface area (Å²) in [5.41, 5.74) is -1.79. The highest BCUT2D eigenvalue weighted by molar-refractivity contribution is 5.92. The zero-order valence-corrected chi connectivity index (χ0v) is 16.5. The topological polar surface area (TPSA) is 58.6 Å². The van der Waals surface area contributed by atoms with Crippen LogP contribution < -0.4 is 5.32 Å². The van der Waals surface area contributed by atoms with E-state index < -0.39 is 34.4 Å². The molecule has 4 rings (SSSR count). The smallest absolute Gasteiger partial charge is 0.411 e. The van der Waals surface area contributed by atoms with Gasteiger partial charge in [0.25, 0.3) is 0 Å². The second-order valence-corrected chi connectivity index (χ2v) is 9.26. The maximum absolute atomic E-state index is 14.3. The zero-order chi connectivity index (χ0) is 20.3. The van der Waals surface area contributed by atoms with Crippen molar-refractivity contribution in [3.8, 4) is 0 Å². The fourth-order valence-electron chi connectivity index (χ4n) is 4.98. The molecule has 1 saturated carbocycles. The van der Waals surface area contributed by atoms with Crippen molar-refractivity contribution in [1.82, 2.24) is 10.2 Å². The summed E-state index contributed by atoms with van der Waals surface area (Å²) in [7, 11) is 0. The minimum atomic E-state index is -0.986. The molecule has 2 spiro atoms. The molecular formula is C21H26F2N2O3. The number of rotatable bonds is 0. The van der Waals surface area contributed by atoms with Gasteiger partial charge in [0.2, 0.25) is 5.91 Å². The molecule has 1 heterocycles. The largest absolute Gasteiger partial charge is 0.444 e. The Morgan fingerprint density at radius 2 is 1.86 bits per heavy atom. The first kappa shape index (κ1) is 19.2. The lowest BCUT2D eigenvalue weighted by Crippen LogP contribution is -2.72. The number of carbonyl (C=O) groups is 2. The Bertz CT molecular complexity index is 843. The number of halogens is 2. The third-order valence-electron chi connectivity index (χ3n) is 6.24. The van der Waals surface area contributed by atoms with Crippen LogP contribution in [0.4, 0.5) is 13.6 Å². The van der Waals surface area contributed by atoms with Crippen molar-refractivity contribution < 1.29 is 23.1 Å². The van der Waals surface area contributed by atoms with E-state index in [9.17, 15) is 18.4 Å². The first-order valence-electron chi connectivity index (χ1n) is 9.88. The van der Waals surface area contributed by atoms with E-state index in [1.54, 1.807) is 20.8 Å². The average molecular weight is 392 g/mol. The van der Waals surface area contributed by atoms with E-state index in [0.717, 1.165) is 18.9 Å². The van der Waals surface area contributed by atoms with Crippen molar-refractivity contribution in [2.45, 2.75) is 76.0 Å². The number of benzene rings is 1. The number of amides is 2. The van der Waals surface area contributed by atoms with Crippen LogP contribution in [0.1, 0.15) is 64.0 Å². The molecule has 1 saturated heterocycles. The van der Waals surface area contributed by atoms with E-state index in [1.807, 2.05) is 0 Å². The van der Waals surface area contributed by atoms with Crippen LogP contribution in [0.25, 0.3) is 0 Å². The van der Waals surface area contributed by atoms with Crippen LogP contribution >= 0.6 is 0 Å². The van der Waals surface area contributed by atoms with Gasteiger partial charge >= 0.3 is 6.09 Å². The van der Waals surface area contributed by atoms with Crippen LogP contribution in [-0.2, 0) is 21.5 Å². The Labute approximate surface area is 163 Å². The fourth-order valence-corrected chi connectivity index (χ4v) is 4.98. The number of piperazine rings is 1. The summed E-state index contributed by atoms with van der Waals surface area (Å²) < 4.78 is 33.9. The van der Waals surface area contributed by atoms with Gasteiger partial charge in [0.1, 0.15) is 22.8 Å². The highest BCUT2D eigenvalue weighted by Gasteiger charge is 2.59. The van der Waals surface area contributed by atoms with Crippen LogP contribution in [0.5, 0.6) is 0 Å². The van der Waals surface area contributed by atoms with E-state index in [1.165, 1.54) is 11.0 Å². The van der Waals surface area contributed by atoms with Gasteiger partial charge in [-0.2, -0.15) is 0 Å². The van der Waals surface area contributed by atoms with Crippen molar-refractivity contribution in [2.75, 3.05) is 6.54 Å². The quantitative estimate of drug-likeness (QED) is 0.731. The van der Waals surface area contributed by atoms with E-state index in [-0.39, 0.29) is 12.5 Å². The number of hydrogen-bond donors (Lipinski definition) is 1. The van der Waals surface area contributed by atoms with E-state index in [2.05, 4.69) is 5.32 Å². The number of nitrogens with zero attached hydrogens (tertiary/aromatic N) is 1. The molecule has 0 bridgehead atoms. The molecule has 1 atom stereocenters. The van der Waals surface area contributed by atoms with Crippen LogP contribution in [0.3, 0.4) is 0 Å². The molecule has 1 unspecified atom stereocenters. The molecule has 0 aromatic heterocycles. The zero-order valence-electron chi connectivity index (χ0n) is 16.5. The average Bonchev–Trinajstić information content (AvgIpc) is 3.17. The Morgan fingerprint density at radius 1 is 1.18 bits per heavy atom. The summed E-state index contributed by atoms with van der Waals surface area (Å²) in [5, 5.41) is 3.06. The lowest BCUT2D eigenvalue weighted by molar-refractivity contribution is -0.142. The van der Waals surface area contributed by atoms with Crippen molar-refractivity contribution in [2.24, 2.45) is 0 Å². The molecule has 1 aliphatic heterocycles. The van der Waals surface area contributed by atoms with Gasteiger partial charge in [0.05, 0.1) is 12.1 Å². The molecule has 7 heteroatoms. The fraction of sp³-hybridized carbons (Fsp3) is 0.619. The van der Waals surface area contributed by atoms with Gasteiger partial charge in [0, 0.05) is 6.07 Å². The third kappa shape index (κ3) is 2.86. The molecule has 5 nitrogen and oxygen atoms in total. The summed E-state index contributed by atoms with van der Waals surface area (Å²) in [4.78, 5) is 27.9. The van der Waals surface area contributed by atoms with Crippen molar-refractivity contribution in [3.05, 3.63) is 34.9 Å². The van der Waals surface area contributed by atoms with Crippen molar-refractivity contribution in [3.63, 3.8) is 0 Å². The second kappa shape index (κ2) is 6.16. The van der Waals surface area contributed by atoms with E-state index in [0.29, 0.717) is 36.8 Å². The van der Waals surface area contributed by atoms with E-state index >= 15 is 0 Å². The summed E-state index contributed by atoms with van der Waals surface area (Å²) in [6.45, 7) is 5.49. The molecule has 1 aromatic rings. The van der Waals surface area contributed by atoms with Crippen LogP contribution in [-0.4, -0.2) is 34.6 Å². The molecule has 2 aliphatic carbocycles. The Kier molecular flexibility index (Phi) is 4.21. The van der Waals surface area contributed by atoms with Gasteiger partial charge in [0.15, 0.2) is 0 Å². The lowest BCUT2D eigenvalue weighted by Gasteiger charge is -2.51. The van der Waals surface area contributed by atoms with Gasteiger partial charge < -0.3 is 10.1 Å². The summed E-state index contributed by atoms with van der Waals surface area (Å²) in [6.07, 6.45) is 3.09. The predicted molar refractivity (Wildman–Crippen MR) is 98.6 cm³/mol. The summed E-state index contributed by atoms with van der Waals surface area (Å²) >= 11 is 0. The van der Waals surface area contributed by atoms with Gasteiger partial charge in [-0.3, -0.25) is 9.69 Å². The normalized spacial score (nSPS) is 25.9. The molecule has 1 aromatic carbocycles. The van der Waals surface area contributed by atoms with Gasteiger partial charge in [-0.25, -0.2) is 13.6 Å². The molecule has 0 radical (unpaired) electrons. The highest BCUT2D eigenvalue weighted by atomic mass is 19.1.